The number of hydrogen-bond donors (Lipinski definition) is 1. The molecule has 20 heavy (non-hydrogen) atoms. The first-order chi connectivity index (χ1) is 9.03. The van der Waals surface area contributed by atoms with Crippen LogP contribution in [0.2, 0.25) is 0 Å². The van der Waals surface area contributed by atoms with Crippen LogP contribution in [0.5, 0.6) is 0 Å². The van der Waals surface area contributed by atoms with Crippen LogP contribution in [0.15, 0.2) is 29.2 Å². The van der Waals surface area contributed by atoms with Crippen LogP contribution in [-0.2, 0) is 9.84 Å². The zero-order valence-electron chi connectivity index (χ0n) is 11.9. The van der Waals surface area contributed by atoms with Crippen molar-refractivity contribution in [1.82, 2.24) is 0 Å². The largest absolute Gasteiger partial charge is 0.380 e. The second-order valence-corrected chi connectivity index (χ2v) is 8.21. The van der Waals surface area contributed by atoms with E-state index in [1.54, 1.807) is 6.07 Å². The summed E-state index contributed by atoms with van der Waals surface area (Å²) < 4.78 is 48.8. The van der Waals surface area contributed by atoms with Gasteiger partial charge in [0.25, 0.3) is 0 Å². The van der Waals surface area contributed by atoms with Gasteiger partial charge in [-0.05, 0) is 23.0 Å². The molecule has 1 fully saturated rings. The van der Waals surface area contributed by atoms with Gasteiger partial charge in [-0.15, -0.1) is 0 Å². The van der Waals surface area contributed by atoms with Crippen molar-refractivity contribution >= 4 is 15.5 Å². The molecule has 6 heteroatoms. The maximum absolute atomic E-state index is 12.7. The summed E-state index contributed by atoms with van der Waals surface area (Å²) >= 11 is 0. The first-order valence-electron chi connectivity index (χ1n) is 6.40. The number of alkyl halides is 2. The van der Waals surface area contributed by atoms with Crippen LogP contribution >= 0.6 is 0 Å². The number of hydrogen-bond acceptors (Lipinski definition) is 3. The lowest BCUT2D eigenvalue weighted by molar-refractivity contribution is 0.235. The molecule has 1 N–H and O–H groups in total. The quantitative estimate of drug-likeness (QED) is 0.925. The highest BCUT2D eigenvalue weighted by atomic mass is 32.2. The van der Waals surface area contributed by atoms with E-state index in [2.05, 4.69) is 33.0 Å². The van der Waals surface area contributed by atoms with E-state index in [0.717, 1.165) is 0 Å². The summed E-state index contributed by atoms with van der Waals surface area (Å²) in [5.74, 6) is -3.41. The lowest BCUT2D eigenvalue weighted by Crippen LogP contribution is -2.17. The van der Waals surface area contributed by atoms with Crippen LogP contribution in [0.4, 0.5) is 14.5 Å². The third-order valence-corrected chi connectivity index (χ3v) is 6.19. The summed E-state index contributed by atoms with van der Waals surface area (Å²) in [5, 5.41) is 3.11. The molecule has 0 spiro atoms. The molecule has 1 aromatic carbocycles. The summed E-state index contributed by atoms with van der Waals surface area (Å²) in [6, 6.07) is 5.87. The van der Waals surface area contributed by atoms with Crippen molar-refractivity contribution in [3.63, 3.8) is 0 Å². The molecule has 112 valence electrons. The smallest absolute Gasteiger partial charge is 0.341 e. The predicted molar refractivity (Wildman–Crippen MR) is 74.6 cm³/mol. The van der Waals surface area contributed by atoms with Gasteiger partial charge in [-0.2, -0.15) is 8.78 Å². The maximum atomic E-state index is 12.7. The number of halogens is 2. The molecule has 0 unspecified atom stereocenters. The van der Waals surface area contributed by atoms with Gasteiger partial charge in [0.1, 0.15) is 0 Å². The Hall–Kier alpha value is -1.17. The van der Waals surface area contributed by atoms with Crippen molar-refractivity contribution in [2.24, 2.45) is 10.8 Å². The average molecular weight is 303 g/mol. The first-order valence-corrected chi connectivity index (χ1v) is 7.95. The van der Waals surface area contributed by atoms with E-state index in [1.165, 1.54) is 18.2 Å². The molecule has 1 saturated carbocycles. The Bertz CT molecular complexity index is 610. The predicted octanol–water partition coefficient (Wildman–Crippen LogP) is 3.53. The Morgan fingerprint density at radius 3 is 2.05 bits per heavy atom. The molecule has 0 aromatic heterocycles. The second kappa shape index (κ2) is 4.41. The van der Waals surface area contributed by atoms with Crippen molar-refractivity contribution in [2.45, 2.75) is 44.4 Å². The zero-order chi connectivity index (χ0) is 15.3. The molecule has 2 rings (SSSR count). The molecule has 1 aliphatic rings. The molecule has 0 radical (unpaired) electrons. The number of rotatable bonds is 4. The fourth-order valence-corrected chi connectivity index (χ4v) is 3.54. The molecule has 3 nitrogen and oxygen atoms in total. The van der Waals surface area contributed by atoms with Gasteiger partial charge in [0, 0.05) is 6.04 Å². The summed E-state index contributed by atoms with van der Waals surface area (Å²) in [6.45, 7) is 8.26. The third-order valence-electron chi connectivity index (χ3n) is 4.75. The second-order valence-electron chi connectivity index (χ2n) is 6.32. The highest BCUT2D eigenvalue weighted by Gasteiger charge is 2.65. The van der Waals surface area contributed by atoms with E-state index in [9.17, 15) is 17.2 Å². The van der Waals surface area contributed by atoms with Gasteiger partial charge >= 0.3 is 5.76 Å². The minimum Gasteiger partial charge on any atom is -0.380 e. The van der Waals surface area contributed by atoms with Crippen LogP contribution in [-0.4, -0.2) is 20.2 Å². The van der Waals surface area contributed by atoms with Crippen molar-refractivity contribution in [3.8, 4) is 0 Å². The van der Waals surface area contributed by atoms with Crippen molar-refractivity contribution < 1.29 is 17.2 Å². The lowest BCUT2D eigenvalue weighted by Gasteiger charge is -2.13. The average Bonchev–Trinajstić information content (AvgIpc) is 2.72. The number of sulfone groups is 1. The van der Waals surface area contributed by atoms with Crippen LogP contribution in [0, 0.1) is 10.8 Å². The molecular formula is C14H19F2NO2S. The van der Waals surface area contributed by atoms with Crippen molar-refractivity contribution in [3.05, 3.63) is 24.3 Å². The van der Waals surface area contributed by atoms with Crippen LogP contribution < -0.4 is 5.32 Å². The Morgan fingerprint density at radius 1 is 1.10 bits per heavy atom. The molecule has 1 aliphatic carbocycles. The molecule has 0 saturated heterocycles. The van der Waals surface area contributed by atoms with Gasteiger partial charge in [0.05, 0.1) is 10.6 Å². The molecule has 0 heterocycles. The minimum absolute atomic E-state index is 0.0191. The standard InChI is InChI=1S/C14H19F2NO2S/c1-13(2)11(14(13,3)4)17-9-7-5-6-8-10(9)20(18,19)12(15)16/h5-8,11-12,17H,1-4H3. The van der Waals surface area contributed by atoms with Gasteiger partial charge in [-0.1, -0.05) is 39.8 Å². The van der Waals surface area contributed by atoms with E-state index in [-0.39, 0.29) is 27.5 Å². The fraction of sp³-hybridized carbons (Fsp3) is 0.571. The SMILES string of the molecule is CC1(C)C(Nc2ccccc2S(=O)(=O)C(F)F)C1(C)C. The number of para-hydroxylation sites is 1. The van der Waals surface area contributed by atoms with Gasteiger partial charge in [0.2, 0.25) is 9.84 Å². The van der Waals surface area contributed by atoms with Crippen LogP contribution in [0.3, 0.4) is 0 Å². The molecule has 0 bridgehead atoms. The van der Waals surface area contributed by atoms with Crippen LogP contribution in [0.1, 0.15) is 27.7 Å². The van der Waals surface area contributed by atoms with Crippen molar-refractivity contribution in [1.29, 1.82) is 0 Å². The van der Waals surface area contributed by atoms with Gasteiger partial charge < -0.3 is 5.32 Å². The molecule has 0 amide bonds. The zero-order valence-corrected chi connectivity index (χ0v) is 12.8. The highest BCUT2D eigenvalue weighted by molar-refractivity contribution is 7.91. The van der Waals surface area contributed by atoms with Crippen molar-refractivity contribution in [2.75, 3.05) is 5.32 Å². The Kier molecular flexibility index (Phi) is 3.36. The number of nitrogens with one attached hydrogen (secondary N) is 1. The number of anilines is 1. The summed E-state index contributed by atoms with van der Waals surface area (Å²) in [6.07, 6.45) is 0. The molecule has 0 aliphatic heterocycles. The Labute approximate surface area is 118 Å². The summed E-state index contributed by atoms with van der Waals surface area (Å²) in [7, 11) is -4.60. The van der Waals surface area contributed by atoms with Gasteiger partial charge in [0.15, 0.2) is 0 Å². The van der Waals surface area contributed by atoms with E-state index in [1.807, 2.05) is 0 Å². The molecule has 1 aromatic rings. The molecular weight excluding hydrogens is 284 g/mol. The van der Waals surface area contributed by atoms with E-state index in [0.29, 0.717) is 0 Å². The maximum Gasteiger partial charge on any atom is 0.341 e. The number of benzene rings is 1. The normalized spacial score (nSPS) is 20.9. The first kappa shape index (κ1) is 15.2. The third kappa shape index (κ3) is 2.10. The fourth-order valence-electron chi connectivity index (χ4n) is 2.64. The monoisotopic (exact) mass is 303 g/mol. The molecule has 0 atom stereocenters. The Morgan fingerprint density at radius 2 is 1.60 bits per heavy atom. The van der Waals surface area contributed by atoms with E-state index in [4.69, 9.17) is 0 Å². The van der Waals surface area contributed by atoms with E-state index >= 15 is 0 Å². The summed E-state index contributed by atoms with van der Waals surface area (Å²) in [4.78, 5) is -0.339. The topological polar surface area (TPSA) is 46.2 Å². The lowest BCUT2D eigenvalue weighted by atomic mass is 10.0. The van der Waals surface area contributed by atoms with Gasteiger partial charge in [-0.3, -0.25) is 0 Å². The Balaban J connectivity index is 2.37. The van der Waals surface area contributed by atoms with Crippen LogP contribution in [0.25, 0.3) is 0 Å². The van der Waals surface area contributed by atoms with Gasteiger partial charge in [-0.25, -0.2) is 8.42 Å². The minimum atomic E-state index is -4.60. The van der Waals surface area contributed by atoms with E-state index < -0.39 is 15.6 Å². The summed E-state index contributed by atoms with van der Waals surface area (Å²) in [5.41, 5.74) is 0.208. The highest BCUT2D eigenvalue weighted by Crippen LogP contribution is 2.63.